The standard InChI is InChI=1S/C33H45N3O4/c1-4-6-18-38-20-21-40-30-12-9-26(10-13-30)27-11-14-32-29(22-27)23-28(33(37)34-15-5-2)8-7-16-36(32)25-31-24-35(3)17-19-39-31/h5,9-15,22-23,31H,4,6-8,16-21,24-25H2,1-3H3,(H,34,37)/b15-5+,28-23+/t31-/m1/s1. The van der Waals surface area contributed by atoms with Crippen molar-refractivity contribution in [3.8, 4) is 16.9 Å². The maximum absolute atomic E-state index is 12.9. The zero-order chi connectivity index (χ0) is 28.2. The monoisotopic (exact) mass is 547 g/mol. The molecule has 40 heavy (non-hydrogen) atoms. The first-order valence-electron chi connectivity index (χ1n) is 14.7. The molecular weight excluding hydrogens is 502 g/mol. The molecule has 1 saturated heterocycles. The maximum atomic E-state index is 12.9. The molecule has 2 heterocycles. The SMILES string of the molecule is C/C=C/NC(=O)/C1=C/c2cc(-c3ccc(OCCOCCCC)cc3)ccc2N(C[C@H]2CN(C)CCO2)CCC1. The lowest BCUT2D eigenvalue weighted by molar-refractivity contribution is -0.116. The minimum absolute atomic E-state index is 0.0414. The van der Waals surface area contributed by atoms with Gasteiger partial charge >= 0.3 is 0 Å². The van der Waals surface area contributed by atoms with Gasteiger partial charge in [-0.3, -0.25) is 4.79 Å². The summed E-state index contributed by atoms with van der Waals surface area (Å²) >= 11 is 0. The van der Waals surface area contributed by atoms with Crippen LogP contribution in [0.1, 0.15) is 45.1 Å². The highest BCUT2D eigenvalue weighted by Crippen LogP contribution is 2.33. The number of allylic oxidation sites excluding steroid dienone is 1. The van der Waals surface area contributed by atoms with Gasteiger partial charge in [0.2, 0.25) is 0 Å². The van der Waals surface area contributed by atoms with Crippen molar-refractivity contribution in [1.82, 2.24) is 10.2 Å². The van der Waals surface area contributed by atoms with Crippen LogP contribution in [-0.4, -0.2) is 76.6 Å². The highest BCUT2D eigenvalue weighted by atomic mass is 16.5. The minimum Gasteiger partial charge on any atom is -0.491 e. The van der Waals surface area contributed by atoms with Crippen LogP contribution in [0.2, 0.25) is 0 Å². The number of likely N-dealkylation sites (N-methyl/N-ethyl adjacent to an activating group) is 1. The number of hydrogen-bond donors (Lipinski definition) is 1. The number of nitrogens with one attached hydrogen (secondary N) is 1. The molecule has 2 aliphatic rings. The third kappa shape index (κ3) is 8.68. The number of morpholine rings is 1. The number of hydrogen-bond acceptors (Lipinski definition) is 6. The number of nitrogens with zero attached hydrogens (tertiary/aromatic N) is 2. The second-order valence-electron chi connectivity index (χ2n) is 10.6. The average Bonchev–Trinajstić information content (AvgIpc) is 2.96. The van der Waals surface area contributed by atoms with Crippen molar-refractivity contribution in [3.05, 3.63) is 65.9 Å². The molecule has 216 valence electrons. The molecule has 1 N–H and O–H groups in total. The van der Waals surface area contributed by atoms with Gasteiger partial charge in [-0.2, -0.15) is 0 Å². The maximum Gasteiger partial charge on any atom is 0.251 e. The van der Waals surface area contributed by atoms with E-state index >= 15 is 0 Å². The number of carbonyl (C=O) groups excluding carboxylic acids is 1. The van der Waals surface area contributed by atoms with Gasteiger partial charge in [-0.15, -0.1) is 0 Å². The Kier molecular flexibility index (Phi) is 11.6. The Morgan fingerprint density at radius 2 is 1.93 bits per heavy atom. The third-order valence-electron chi connectivity index (χ3n) is 7.34. The molecule has 2 aromatic rings. The molecule has 0 aromatic heterocycles. The van der Waals surface area contributed by atoms with E-state index < -0.39 is 0 Å². The van der Waals surface area contributed by atoms with E-state index in [9.17, 15) is 4.79 Å². The van der Waals surface area contributed by atoms with Crippen molar-refractivity contribution in [2.45, 2.75) is 45.6 Å². The summed E-state index contributed by atoms with van der Waals surface area (Å²) in [5, 5.41) is 2.90. The number of amides is 1. The molecule has 7 nitrogen and oxygen atoms in total. The number of carbonyl (C=O) groups is 1. The van der Waals surface area contributed by atoms with Gasteiger partial charge in [0.1, 0.15) is 12.4 Å². The number of unbranched alkanes of at least 4 members (excludes halogenated alkanes) is 1. The molecule has 2 aliphatic heterocycles. The average molecular weight is 548 g/mol. The second kappa shape index (κ2) is 15.6. The van der Waals surface area contributed by atoms with Crippen molar-refractivity contribution in [1.29, 1.82) is 0 Å². The van der Waals surface area contributed by atoms with E-state index in [1.54, 1.807) is 6.20 Å². The molecule has 0 aliphatic carbocycles. The number of anilines is 1. The quantitative estimate of drug-likeness (QED) is 0.354. The van der Waals surface area contributed by atoms with Gasteiger partial charge in [-0.25, -0.2) is 0 Å². The molecule has 7 heteroatoms. The van der Waals surface area contributed by atoms with Gasteiger partial charge in [0.05, 0.1) is 19.3 Å². The van der Waals surface area contributed by atoms with Crippen LogP contribution >= 0.6 is 0 Å². The Morgan fingerprint density at radius 1 is 1.10 bits per heavy atom. The molecular formula is C33H45N3O4. The van der Waals surface area contributed by atoms with Crippen molar-refractivity contribution in [2.24, 2.45) is 0 Å². The third-order valence-corrected chi connectivity index (χ3v) is 7.34. The first kappa shape index (κ1) is 29.8. The highest BCUT2D eigenvalue weighted by molar-refractivity contribution is 5.99. The summed E-state index contributed by atoms with van der Waals surface area (Å²) in [7, 11) is 2.15. The molecule has 0 radical (unpaired) electrons. The van der Waals surface area contributed by atoms with E-state index in [2.05, 4.69) is 65.5 Å². The molecule has 0 unspecified atom stereocenters. The van der Waals surface area contributed by atoms with Gasteiger partial charge in [-0.1, -0.05) is 37.6 Å². The minimum atomic E-state index is -0.0414. The van der Waals surface area contributed by atoms with E-state index in [-0.39, 0.29) is 12.0 Å². The molecule has 0 saturated carbocycles. The fourth-order valence-corrected chi connectivity index (χ4v) is 5.13. The summed E-state index contributed by atoms with van der Waals surface area (Å²) in [6, 6.07) is 14.8. The Hall–Kier alpha value is -3.13. The zero-order valence-electron chi connectivity index (χ0n) is 24.4. The first-order valence-corrected chi connectivity index (χ1v) is 14.7. The first-order chi connectivity index (χ1) is 19.6. The second-order valence-corrected chi connectivity index (χ2v) is 10.6. The van der Waals surface area contributed by atoms with Gasteiger partial charge < -0.3 is 29.3 Å². The van der Waals surface area contributed by atoms with Gasteiger partial charge in [0.15, 0.2) is 0 Å². The van der Waals surface area contributed by atoms with Crippen LogP contribution in [0.5, 0.6) is 5.75 Å². The summed E-state index contributed by atoms with van der Waals surface area (Å²) in [5.74, 6) is 0.792. The summed E-state index contributed by atoms with van der Waals surface area (Å²) in [5.41, 5.74) is 5.20. The van der Waals surface area contributed by atoms with E-state index in [1.165, 1.54) is 0 Å². The lowest BCUT2D eigenvalue weighted by Crippen LogP contribution is -2.46. The summed E-state index contributed by atoms with van der Waals surface area (Å²) < 4.78 is 17.6. The molecule has 1 amide bonds. The summed E-state index contributed by atoms with van der Waals surface area (Å²) in [6.45, 7) is 10.4. The zero-order valence-corrected chi connectivity index (χ0v) is 24.4. The van der Waals surface area contributed by atoms with E-state index in [0.29, 0.717) is 13.2 Å². The largest absolute Gasteiger partial charge is 0.491 e. The van der Waals surface area contributed by atoms with Gasteiger partial charge in [0.25, 0.3) is 5.91 Å². The Balaban J connectivity index is 1.54. The van der Waals surface area contributed by atoms with Crippen LogP contribution in [-0.2, 0) is 14.3 Å². The Labute approximate surface area is 239 Å². The topological polar surface area (TPSA) is 63.3 Å². The van der Waals surface area contributed by atoms with Crippen LogP contribution in [0.4, 0.5) is 5.69 Å². The predicted octanol–water partition coefficient (Wildman–Crippen LogP) is 5.51. The lowest BCUT2D eigenvalue weighted by atomic mass is 9.96. The highest BCUT2D eigenvalue weighted by Gasteiger charge is 2.24. The van der Waals surface area contributed by atoms with Crippen LogP contribution in [0, 0.1) is 0 Å². The molecule has 1 fully saturated rings. The molecule has 2 aromatic carbocycles. The normalized spacial score (nSPS) is 19.4. The fraction of sp³-hybridized carbons (Fsp3) is 0.485. The van der Waals surface area contributed by atoms with E-state index in [0.717, 1.165) is 98.8 Å². The number of fused-ring (bicyclic) bond motifs is 1. The smallest absolute Gasteiger partial charge is 0.251 e. The Bertz CT molecular complexity index is 1140. The van der Waals surface area contributed by atoms with E-state index in [1.807, 2.05) is 25.1 Å². The summed E-state index contributed by atoms with van der Waals surface area (Å²) in [4.78, 5) is 17.7. The molecule has 1 atom stereocenters. The van der Waals surface area contributed by atoms with Crippen molar-refractivity contribution in [2.75, 3.05) is 64.6 Å². The van der Waals surface area contributed by atoms with Crippen LogP contribution in [0.15, 0.2) is 60.3 Å². The van der Waals surface area contributed by atoms with Gasteiger partial charge in [0, 0.05) is 44.0 Å². The van der Waals surface area contributed by atoms with Crippen molar-refractivity contribution >= 4 is 17.7 Å². The summed E-state index contributed by atoms with van der Waals surface area (Å²) in [6.07, 6.45) is 9.61. The molecule has 0 bridgehead atoms. The van der Waals surface area contributed by atoms with Crippen LogP contribution < -0.4 is 15.0 Å². The lowest BCUT2D eigenvalue weighted by Gasteiger charge is -2.36. The number of rotatable bonds is 12. The van der Waals surface area contributed by atoms with Crippen LogP contribution in [0.25, 0.3) is 17.2 Å². The predicted molar refractivity (Wildman–Crippen MR) is 163 cm³/mol. The van der Waals surface area contributed by atoms with Crippen LogP contribution in [0.3, 0.4) is 0 Å². The molecule has 0 spiro atoms. The number of ether oxygens (including phenoxy) is 3. The molecule has 4 rings (SSSR count). The van der Waals surface area contributed by atoms with E-state index in [4.69, 9.17) is 14.2 Å². The van der Waals surface area contributed by atoms with Crippen molar-refractivity contribution < 1.29 is 19.0 Å². The fourth-order valence-electron chi connectivity index (χ4n) is 5.13. The van der Waals surface area contributed by atoms with Crippen molar-refractivity contribution in [3.63, 3.8) is 0 Å². The number of benzene rings is 2. The van der Waals surface area contributed by atoms with Gasteiger partial charge in [-0.05, 0) is 86.5 Å². The Morgan fingerprint density at radius 3 is 2.70 bits per heavy atom.